The number of hydrogen-bond acceptors (Lipinski definition) is 3. The highest BCUT2D eigenvalue weighted by Crippen LogP contribution is 2.18. The van der Waals surface area contributed by atoms with Crippen molar-refractivity contribution < 1.29 is 13.9 Å². The lowest BCUT2D eigenvalue weighted by Crippen LogP contribution is -2.14. The molecule has 0 bridgehead atoms. The number of amides is 1. The van der Waals surface area contributed by atoms with Crippen molar-refractivity contribution >= 4 is 11.8 Å². The van der Waals surface area contributed by atoms with Gasteiger partial charge in [0.1, 0.15) is 0 Å². The molecule has 0 aromatic carbocycles. The zero-order chi connectivity index (χ0) is 10.6. The first kappa shape index (κ1) is 10.4. The van der Waals surface area contributed by atoms with Crippen LogP contribution in [0.2, 0.25) is 0 Å². The van der Waals surface area contributed by atoms with Crippen LogP contribution in [0.25, 0.3) is 0 Å². The monoisotopic (exact) mass is 198 g/mol. The first-order valence-corrected chi connectivity index (χ1v) is 4.16. The molecule has 0 aliphatic carbocycles. The molecule has 0 aliphatic rings. The van der Waals surface area contributed by atoms with E-state index in [4.69, 9.17) is 0 Å². The molecule has 0 fully saturated rings. The second-order valence-corrected chi connectivity index (χ2v) is 2.63. The Hall–Kier alpha value is -1.65. The van der Waals surface area contributed by atoms with E-state index in [0.29, 0.717) is 12.0 Å². The molecule has 4 nitrogen and oxygen atoms in total. The predicted molar refractivity (Wildman–Crippen MR) is 49.6 cm³/mol. The van der Waals surface area contributed by atoms with Gasteiger partial charge >= 0.3 is 6.09 Å². The number of hydrogen-bond donors (Lipinski definition) is 1. The minimum absolute atomic E-state index is 0.134. The molecule has 0 aliphatic heterocycles. The lowest BCUT2D eigenvalue weighted by Gasteiger charge is -2.08. The minimum atomic E-state index is -0.690. The molecule has 1 heterocycles. The van der Waals surface area contributed by atoms with E-state index >= 15 is 0 Å². The standard InChI is InChI=1S/C9H11FN2O2/c1-3-6-4-11-5-7(10)8(6)12-9(13)14-2/h4-5H,3H2,1-2H3,(H,11,12,13). The van der Waals surface area contributed by atoms with Gasteiger partial charge in [-0.15, -0.1) is 0 Å². The van der Waals surface area contributed by atoms with Crippen LogP contribution < -0.4 is 5.32 Å². The molecular weight excluding hydrogens is 187 g/mol. The van der Waals surface area contributed by atoms with Gasteiger partial charge in [0.2, 0.25) is 0 Å². The number of halogens is 1. The average Bonchev–Trinajstić information content (AvgIpc) is 2.20. The number of carbonyl (C=O) groups is 1. The van der Waals surface area contributed by atoms with Crippen molar-refractivity contribution in [3.63, 3.8) is 0 Å². The van der Waals surface area contributed by atoms with E-state index in [1.165, 1.54) is 13.3 Å². The maximum Gasteiger partial charge on any atom is 0.411 e. The number of ether oxygens (including phenoxy) is 1. The summed E-state index contributed by atoms with van der Waals surface area (Å²) >= 11 is 0. The minimum Gasteiger partial charge on any atom is -0.453 e. The van der Waals surface area contributed by atoms with Gasteiger partial charge in [0, 0.05) is 6.20 Å². The summed E-state index contributed by atoms with van der Waals surface area (Å²) in [5.41, 5.74) is 0.768. The van der Waals surface area contributed by atoms with Crippen molar-refractivity contribution in [1.29, 1.82) is 0 Å². The van der Waals surface area contributed by atoms with Crippen molar-refractivity contribution in [3.8, 4) is 0 Å². The van der Waals surface area contributed by atoms with Crippen molar-refractivity contribution in [2.45, 2.75) is 13.3 Å². The first-order chi connectivity index (χ1) is 6.69. The summed E-state index contributed by atoms with van der Waals surface area (Å²) in [6.45, 7) is 1.85. The van der Waals surface area contributed by atoms with Gasteiger partial charge in [-0.25, -0.2) is 9.18 Å². The summed E-state index contributed by atoms with van der Waals surface area (Å²) in [6, 6.07) is 0. The van der Waals surface area contributed by atoms with E-state index in [0.717, 1.165) is 6.20 Å². The third-order valence-corrected chi connectivity index (χ3v) is 1.77. The van der Waals surface area contributed by atoms with Gasteiger partial charge in [-0.05, 0) is 12.0 Å². The molecule has 76 valence electrons. The number of nitrogens with one attached hydrogen (secondary N) is 1. The van der Waals surface area contributed by atoms with E-state index in [9.17, 15) is 9.18 Å². The summed E-state index contributed by atoms with van der Waals surface area (Å²) in [7, 11) is 1.22. The molecule has 0 saturated heterocycles. The maximum absolute atomic E-state index is 13.2. The zero-order valence-electron chi connectivity index (χ0n) is 8.00. The van der Waals surface area contributed by atoms with E-state index in [2.05, 4.69) is 15.0 Å². The van der Waals surface area contributed by atoms with E-state index < -0.39 is 11.9 Å². The second kappa shape index (κ2) is 4.55. The SMILES string of the molecule is CCc1cncc(F)c1NC(=O)OC. The number of carbonyl (C=O) groups excluding carboxylic acids is 1. The molecule has 1 amide bonds. The van der Waals surface area contributed by atoms with Crippen molar-refractivity contribution in [2.75, 3.05) is 12.4 Å². The molecule has 1 N–H and O–H groups in total. The van der Waals surface area contributed by atoms with Crippen LogP contribution in [0.15, 0.2) is 12.4 Å². The number of anilines is 1. The lowest BCUT2D eigenvalue weighted by molar-refractivity contribution is 0.186. The van der Waals surface area contributed by atoms with Crippen LogP contribution in [0.3, 0.4) is 0 Å². The van der Waals surface area contributed by atoms with Gasteiger partial charge in [-0.2, -0.15) is 0 Å². The topological polar surface area (TPSA) is 51.2 Å². The molecule has 0 saturated carbocycles. The van der Waals surface area contributed by atoms with Gasteiger partial charge in [0.15, 0.2) is 5.82 Å². The Morgan fingerprint density at radius 1 is 1.64 bits per heavy atom. The van der Waals surface area contributed by atoms with Gasteiger partial charge in [-0.3, -0.25) is 10.3 Å². The maximum atomic E-state index is 13.2. The van der Waals surface area contributed by atoms with Gasteiger partial charge in [0.25, 0.3) is 0 Å². The number of nitrogens with zero attached hydrogens (tertiary/aromatic N) is 1. The van der Waals surface area contributed by atoms with E-state index in [1.54, 1.807) is 0 Å². The van der Waals surface area contributed by atoms with Crippen LogP contribution >= 0.6 is 0 Å². The van der Waals surface area contributed by atoms with Crippen LogP contribution in [0.5, 0.6) is 0 Å². The quantitative estimate of drug-likeness (QED) is 0.790. The fourth-order valence-electron chi connectivity index (χ4n) is 1.04. The highest BCUT2D eigenvalue weighted by Gasteiger charge is 2.10. The highest BCUT2D eigenvalue weighted by atomic mass is 19.1. The zero-order valence-corrected chi connectivity index (χ0v) is 8.00. The third kappa shape index (κ3) is 2.18. The van der Waals surface area contributed by atoms with E-state index in [-0.39, 0.29) is 5.69 Å². The summed E-state index contributed by atoms with van der Waals surface area (Å²) in [5, 5.41) is 2.30. The van der Waals surface area contributed by atoms with Crippen molar-refractivity contribution in [3.05, 3.63) is 23.8 Å². The van der Waals surface area contributed by atoms with Crippen molar-refractivity contribution in [2.24, 2.45) is 0 Å². The molecule has 0 radical (unpaired) electrons. The van der Waals surface area contributed by atoms with E-state index in [1.807, 2.05) is 6.92 Å². The molecule has 0 spiro atoms. The summed E-state index contributed by atoms with van der Waals surface area (Å²) in [6.07, 6.45) is 2.45. The van der Waals surface area contributed by atoms with Crippen molar-refractivity contribution in [1.82, 2.24) is 4.98 Å². The van der Waals surface area contributed by atoms with Gasteiger partial charge in [0.05, 0.1) is 19.0 Å². The normalized spacial score (nSPS) is 9.64. The molecule has 14 heavy (non-hydrogen) atoms. The first-order valence-electron chi connectivity index (χ1n) is 4.16. The third-order valence-electron chi connectivity index (χ3n) is 1.77. The molecular formula is C9H11FN2O2. The summed E-state index contributed by atoms with van der Waals surface area (Å²) in [4.78, 5) is 14.6. The Balaban J connectivity index is 2.98. The predicted octanol–water partition coefficient (Wildman–Crippen LogP) is 1.96. The van der Waals surface area contributed by atoms with Crippen LogP contribution in [0, 0.1) is 5.82 Å². The molecule has 1 aromatic heterocycles. The molecule has 1 aromatic rings. The number of methoxy groups -OCH3 is 1. The van der Waals surface area contributed by atoms with Gasteiger partial charge < -0.3 is 4.74 Å². The smallest absolute Gasteiger partial charge is 0.411 e. The van der Waals surface area contributed by atoms with Crippen LogP contribution in [-0.4, -0.2) is 18.2 Å². The Labute approximate surface area is 81.1 Å². The Kier molecular flexibility index (Phi) is 3.39. The van der Waals surface area contributed by atoms with Crippen LogP contribution in [0.4, 0.5) is 14.9 Å². The number of aryl methyl sites for hydroxylation is 1. The lowest BCUT2D eigenvalue weighted by atomic mass is 10.2. The summed E-state index contributed by atoms with van der Waals surface area (Å²) < 4.78 is 17.6. The molecule has 0 atom stereocenters. The Bertz CT molecular complexity index is 342. The fourth-order valence-corrected chi connectivity index (χ4v) is 1.04. The highest BCUT2D eigenvalue weighted by molar-refractivity contribution is 5.85. The summed E-state index contributed by atoms with van der Waals surface area (Å²) in [5.74, 6) is -0.560. The van der Waals surface area contributed by atoms with Gasteiger partial charge in [-0.1, -0.05) is 6.92 Å². The van der Waals surface area contributed by atoms with Crippen LogP contribution in [0.1, 0.15) is 12.5 Å². The number of pyridine rings is 1. The molecule has 1 rings (SSSR count). The average molecular weight is 198 g/mol. The molecule has 0 unspecified atom stereocenters. The van der Waals surface area contributed by atoms with Crippen LogP contribution in [-0.2, 0) is 11.2 Å². The molecule has 5 heteroatoms. The fraction of sp³-hybridized carbons (Fsp3) is 0.333. The largest absolute Gasteiger partial charge is 0.453 e. The Morgan fingerprint density at radius 3 is 2.93 bits per heavy atom. The second-order valence-electron chi connectivity index (χ2n) is 2.63. The Morgan fingerprint density at radius 2 is 2.36 bits per heavy atom. The number of aromatic nitrogens is 1. The number of rotatable bonds is 2.